The van der Waals surface area contributed by atoms with Gasteiger partial charge >= 0.3 is 6.18 Å². The zero-order chi connectivity index (χ0) is 13.8. The molecule has 0 amide bonds. The molecule has 0 spiro atoms. The molecule has 0 aliphatic heterocycles. The van der Waals surface area contributed by atoms with Crippen LogP contribution in [0.3, 0.4) is 0 Å². The molecule has 0 aromatic heterocycles. The first-order valence-corrected chi connectivity index (χ1v) is 5.93. The van der Waals surface area contributed by atoms with Gasteiger partial charge in [0.25, 0.3) is 0 Å². The normalized spacial score (nSPS) is 11.7. The van der Waals surface area contributed by atoms with Crippen LogP contribution in [0.5, 0.6) is 5.75 Å². The predicted octanol–water partition coefficient (Wildman–Crippen LogP) is 4.65. The standard InChI is InChI=1S/C10H8Cl3F3O2/c11-3-6-1-7(12)2-8(13)9(6)18-5-17-4-10(14,15)16/h1-2H,3-5H2. The Bertz CT molecular complexity index is 410. The van der Waals surface area contributed by atoms with Crippen molar-refractivity contribution in [1.82, 2.24) is 0 Å². The topological polar surface area (TPSA) is 18.5 Å². The van der Waals surface area contributed by atoms with E-state index >= 15 is 0 Å². The van der Waals surface area contributed by atoms with E-state index in [4.69, 9.17) is 39.5 Å². The van der Waals surface area contributed by atoms with Gasteiger partial charge in [-0.3, -0.25) is 0 Å². The van der Waals surface area contributed by atoms with Gasteiger partial charge < -0.3 is 9.47 Å². The van der Waals surface area contributed by atoms with E-state index in [9.17, 15) is 13.2 Å². The van der Waals surface area contributed by atoms with Gasteiger partial charge in [-0.1, -0.05) is 23.2 Å². The van der Waals surface area contributed by atoms with Crippen LogP contribution in [-0.4, -0.2) is 19.6 Å². The van der Waals surface area contributed by atoms with Crippen molar-refractivity contribution in [2.75, 3.05) is 13.4 Å². The van der Waals surface area contributed by atoms with Crippen molar-refractivity contribution < 1.29 is 22.6 Å². The third-order valence-electron chi connectivity index (χ3n) is 1.78. The summed E-state index contributed by atoms with van der Waals surface area (Å²) in [7, 11) is 0. The highest BCUT2D eigenvalue weighted by atomic mass is 35.5. The summed E-state index contributed by atoms with van der Waals surface area (Å²) in [6, 6.07) is 2.91. The minimum absolute atomic E-state index is 0.0644. The molecular formula is C10H8Cl3F3O2. The molecule has 0 N–H and O–H groups in total. The van der Waals surface area contributed by atoms with Gasteiger partial charge in [0.1, 0.15) is 12.4 Å². The molecule has 0 bridgehead atoms. The maximum absolute atomic E-state index is 11.8. The van der Waals surface area contributed by atoms with Gasteiger partial charge in [-0.25, -0.2) is 0 Å². The lowest BCUT2D eigenvalue weighted by Crippen LogP contribution is -2.19. The fourth-order valence-corrected chi connectivity index (χ4v) is 1.92. The maximum Gasteiger partial charge on any atom is 0.411 e. The number of benzene rings is 1. The second-order valence-electron chi connectivity index (χ2n) is 3.24. The maximum atomic E-state index is 11.8. The second-order valence-corrected chi connectivity index (χ2v) is 4.35. The number of hydrogen-bond donors (Lipinski definition) is 0. The zero-order valence-electron chi connectivity index (χ0n) is 8.86. The van der Waals surface area contributed by atoms with Crippen LogP contribution in [0.2, 0.25) is 10.0 Å². The molecule has 1 aromatic rings. The Morgan fingerprint density at radius 1 is 1.17 bits per heavy atom. The van der Waals surface area contributed by atoms with E-state index in [0.29, 0.717) is 10.6 Å². The van der Waals surface area contributed by atoms with Crippen molar-refractivity contribution in [3.63, 3.8) is 0 Å². The molecule has 0 aliphatic rings. The molecule has 0 saturated heterocycles. The van der Waals surface area contributed by atoms with Crippen LogP contribution in [0, 0.1) is 0 Å². The summed E-state index contributed by atoms with van der Waals surface area (Å²) in [6.07, 6.45) is -4.40. The molecule has 0 fully saturated rings. The number of alkyl halides is 4. The first-order valence-electron chi connectivity index (χ1n) is 4.64. The monoisotopic (exact) mass is 322 g/mol. The quantitative estimate of drug-likeness (QED) is 0.446. The summed E-state index contributed by atoms with van der Waals surface area (Å²) in [5, 5.41) is 0.521. The fourth-order valence-electron chi connectivity index (χ4n) is 1.13. The lowest BCUT2D eigenvalue weighted by Gasteiger charge is -2.13. The Labute approximate surface area is 117 Å². The summed E-state index contributed by atoms with van der Waals surface area (Å²) in [5.74, 6) is 0.229. The molecule has 0 heterocycles. The molecule has 102 valence electrons. The summed E-state index contributed by atoms with van der Waals surface area (Å²) >= 11 is 17.2. The third-order valence-corrected chi connectivity index (χ3v) is 2.57. The molecule has 1 aromatic carbocycles. The molecule has 2 nitrogen and oxygen atoms in total. The molecule has 1 rings (SSSR count). The Morgan fingerprint density at radius 2 is 1.83 bits per heavy atom. The van der Waals surface area contributed by atoms with Crippen molar-refractivity contribution in [2.45, 2.75) is 12.1 Å². The SMILES string of the molecule is FC(F)(F)COCOc1c(Cl)cc(Cl)cc1CCl. The number of halogens is 6. The summed E-state index contributed by atoms with van der Waals surface area (Å²) < 4.78 is 44.8. The molecule has 8 heteroatoms. The van der Waals surface area contributed by atoms with Gasteiger partial charge in [-0.15, -0.1) is 11.6 Å². The van der Waals surface area contributed by atoms with Gasteiger partial charge in [-0.05, 0) is 12.1 Å². The highest BCUT2D eigenvalue weighted by Crippen LogP contribution is 2.33. The van der Waals surface area contributed by atoms with Crippen LogP contribution >= 0.6 is 34.8 Å². The Morgan fingerprint density at radius 3 is 2.39 bits per heavy atom. The number of rotatable bonds is 5. The van der Waals surface area contributed by atoms with Gasteiger partial charge in [-0.2, -0.15) is 13.2 Å². The minimum Gasteiger partial charge on any atom is -0.466 e. The highest BCUT2D eigenvalue weighted by molar-refractivity contribution is 6.35. The summed E-state index contributed by atoms with van der Waals surface area (Å²) in [5.41, 5.74) is 0.477. The van der Waals surface area contributed by atoms with Crippen molar-refractivity contribution in [2.24, 2.45) is 0 Å². The largest absolute Gasteiger partial charge is 0.466 e. The predicted molar refractivity (Wildman–Crippen MR) is 63.5 cm³/mol. The average molecular weight is 324 g/mol. The Balaban J connectivity index is 2.62. The van der Waals surface area contributed by atoms with Crippen LogP contribution in [0.15, 0.2) is 12.1 Å². The minimum atomic E-state index is -4.40. The Hall–Kier alpha value is -0.360. The van der Waals surface area contributed by atoms with Crippen LogP contribution in [-0.2, 0) is 10.6 Å². The van der Waals surface area contributed by atoms with Gasteiger partial charge in [0.15, 0.2) is 6.79 Å². The average Bonchev–Trinajstić information content (AvgIpc) is 2.24. The van der Waals surface area contributed by atoms with E-state index in [1.165, 1.54) is 12.1 Å². The first kappa shape index (κ1) is 15.7. The van der Waals surface area contributed by atoms with Crippen molar-refractivity contribution in [3.05, 3.63) is 27.7 Å². The first-order chi connectivity index (χ1) is 8.33. The second kappa shape index (κ2) is 6.70. The lowest BCUT2D eigenvalue weighted by molar-refractivity contribution is -0.186. The number of hydrogen-bond acceptors (Lipinski definition) is 2. The third kappa shape index (κ3) is 5.10. The molecule has 0 saturated carbocycles. The van der Waals surface area contributed by atoms with Crippen LogP contribution < -0.4 is 4.74 Å². The van der Waals surface area contributed by atoms with Crippen LogP contribution in [0.1, 0.15) is 5.56 Å². The summed E-state index contributed by atoms with van der Waals surface area (Å²) in [4.78, 5) is 0. The van der Waals surface area contributed by atoms with E-state index in [1.807, 2.05) is 0 Å². The van der Waals surface area contributed by atoms with Crippen molar-refractivity contribution in [3.8, 4) is 5.75 Å². The smallest absolute Gasteiger partial charge is 0.411 e. The van der Waals surface area contributed by atoms with Crippen molar-refractivity contribution >= 4 is 34.8 Å². The molecule has 0 atom stereocenters. The zero-order valence-corrected chi connectivity index (χ0v) is 11.1. The van der Waals surface area contributed by atoms with E-state index in [-0.39, 0.29) is 16.7 Å². The van der Waals surface area contributed by atoms with Crippen molar-refractivity contribution in [1.29, 1.82) is 0 Å². The summed E-state index contributed by atoms with van der Waals surface area (Å²) in [6.45, 7) is -1.97. The molecule has 0 aliphatic carbocycles. The number of ether oxygens (including phenoxy) is 2. The molecule has 0 radical (unpaired) electrons. The highest BCUT2D eigenvalue weighted by Gasteiger charge is 2.27. The van der Waals surface area contributed by atoms with E-state index in [1.54, 1.807) is 0 Å². The van der Waals surface area contributed by atoms with Gasteiger partial charge in [0.2, 0.25) is 0 Å². The van der Waals surface area contributed by atoms with Gasteiger partial charge in [0, 0.05) is 10.6 Å². The van der Waals surface area contributed by atoms with Gasteiger partial charge in [0.05, 0.1) is 10.9 Å². The van der Waals surface area contributed by atoms with Crippen LogP contribution in [0.25, 0.3) is 0 Å². The lowest BCUT2D eigenvalue weighted by atomic mass is 10.2. The van der Waals surface area contributed by atoms with E-state index in [2.05, 4.69) is 4.74 Å². The molecule has 0 unspecified atom stereocenters. The van der Waals surface area contributed by atoms with Crippen LogP contribution in [0.4, 0.5) is 13.2 Å². The molecular weight excluding hydrogens is 315 g/mol. The fraction of sp³-hybridized carbons (Fsp3) is 0.400. The molecule has 18 heavy (non-hydrogen) atoms. The van der Waals surface area contributed by atoms with E-state index in [0.717, 1.165) is 0 Å². The van der Waals surface area contributed by atoms with E-state index < -0.39 is 19.6 Å². The Kier molecular flexibility index (Phi) is 5.85.